The summed E-state index contributed by atoms with van der Waals surface area (Å²) in [6.45, 7) is 6.52. The number of hydrogen-bond donors (Lipinski definition) is 2. The minimum Gasteiger partial charge on any atom is -0.481 e. The first-order chi connectivity index (χ1) is 14.2. The molecule has 3 rings (SSSR count). The van der Waals surface area contributed by atoms with Gasteiger partial charge in [-0.25, -0.2) is 9.36 Å². The summed E-state index contributed by atoms with van der Waals surface area (Å²) in [5.74, 6) is -0.903. The molecule has 2 aromatic heterocycles. The zero-order chi connectivity index (χ0) is 21.7. The number of hydrogen-bond acceptors (Lipinski definition) is 7. The lowest BCUT2D eigenvalue weighted by Gasteiger charge is -2.18. The third-order valence-corrected chi connectivity index (χ3v) is 4.51. The van der Waals surface area contributed by atoms with E-state index in [1.165, 1.54) is 0 Å². The number of carboxylic acid groups (broad SMARTS) is 1. The summed E-state index contributed by atoms with van der Waals surface area (Å²) in [6, 6.07) is 6.23. The highest BCUT2D eigenvalue weighted by atomic mass is 16.5. The van der Waals surface area contributed by atoms with E-state index >= 15 is 0 Å². The Morgan fingerprint density at radius 2 is 1.60 bits per heavy atom. The molecular formula is C20H26N6O4. The van der Waals surface area contributed by atoms with Crippen LogP contribution in [-0.2, 0) is 35.8 Å². The fourth-order valence-electron chi connectivity index (χ4n) is 2.95. The van der Waals surface area contributed by atoms with Crippen molar-refractivity contribution in [2.75, 3.05) is 6.61 Å². The average Bonchev–Trinajstić information content (AvgIpc) is 3.30. The van der Waals surface area contributed by atoms with Crippen LogP contribution in [0.2, 0.25) is 0 Å². The predicted octanol–water partition coefficient (Wildman–Crippen LogP) is 1.39. The minimum atomic E-state index is -0.948. The Hall–Kier alpha value is -3.11. The fourth-order valence-corrected chi connectivity index (χ4v) is 2.95. The van der Waals surface area contributed by atoms with Gasteiger partial charge < -0.3 is 14.9 Å². The van der Waals surface area contributed by atoms with Crippen molar-refractivity contribution in [1.82, 2.24) is 30.0 Å². The molecule has 0 saturated heterocycles. The van der Waals surface area contributed by atoms with Crippen LogP contribution in [0.5, 0.6) is 0 Å². The predicted molar refractivity (Wildman–Crippen MR) is 106 cm³/mol. The van der Waals surface area contributed by atoms with Crippen molar-refractivity contribution in [2.45, 2.75) is 47.1 Å². The van der Waals surface area contributed by atoms with Gasteiger partial charge in [-0.15, -0.1) is 10.2 Å². The molecule has 0 bridgehead atoms. The Morgan fingerprint density at radius 3 is 2.13 bits per heavy atom. The number of benzene rings is 1. The highest BCUT2D eigenvalue weighted by molar-refractivity contribution is 5.73. The molecule has 10 heteroatoms. The average molecular weight is 414 g/mol. The lowest BCUT2D eigenvalue weighted by Crippen LogP contribution is -2.29. The molecule has 0 unspecified atom stereocenters. The molecule has 160 valence electrons. The molecule has 0 atom stereocenters. The molecule has 0 amide bonds. The van der Waals surface area contributed by atoms with Gasteiger partial charge in [0.15, 0.2) is 0 Å². The second-order valence-electron chi connectivity index (χ2n) is 7.98. The molecule has 10 nitrogen and oxygen atoms in total. The Morgan fingerprint density at radius 1 is 1.03 bits per heavy atom. The maximum atomic E-state index is 11.1. The molecule has 0 fully saturated rings. The number of aliphatic hydroxyl groups excluding tert-OH is 1. The zero-order valence-corrected chi connectivity index (χ0v) is 17.3. The Kier molecular flexibility index (Phi) is 6.58. The lowest BCUT2D eigenvalue weighted by atomic mass is 9.95. The van der Waals surface area contributed by atoms with E-state index in [0.717, 1.165) is 16.7 Å². The van der Waals surface area contributed by atoms with Crippen molar-refractivity contribution in [3.8, 4) is 0 Å². The maximum absolute atomic E-state index is 11.1. The molecule has 3 aromatic rings. The monoisotopic (exact) mass is 414 g/mol. The van der Waals surface area contributed by atoms with Crippen LogP contribution >= 0.6 is 0 Å². The van der Waals surface area contributed by atoms with E-state index in [1.807, 2.05) is 6.92 Å². The molecule has 0 aliphatic rings. The van der Waals surface area contributed by atoms with Gasteiger partial charge in [0, 0.05) is 0 Å². The second-order valence-corrected chi connectivity index (χ2v) is 7.98. The molecule has 0 aliphatic heterocycles. The SMILES string of the molecule is Cc1cc(Cn2cc(CO)nn2)cc(Cn2cc(COCC(C)(C)C(=O)O)nn2)c1. The largest absolute Gasteiger partial charge is 0.481 e. The van der Waals surface area contributed by atoms with Crippen LogP contribution in [0.25, 0.3) is 0 Å². The zero-order valence-electron chi connectivity index (χ0n) is 17.3. The molecule has 0 radical (unpaired) electrons. The first-order valence-electron chi connectivity index (χ1n) is 9.54. The molecule has 30 heavy (non-hydrogen) atoms. The standard InChI is InChI=1S/C20H26N6O4/c1-14-4-15(7-25-9-17(11-27)21-23-25)6-16(5-14)8-26-10-18(22-24-26)12-30-13-20(2,3)19(28)29/h4-6,9-10,27H,7-8,11-13H2,1-3H3,(H,28,29). The fraction of sp³-hybridized carbons (Fsp3) is 0.450. The number of carboxylic acids is 1. The lowest BCUT2D eigenvalue weighted by molar-refractivity contribution is -0.150. The number of carbonyl (C=O) groups is 1. The molecule has 1 aromatic carbocycles. The molecule has 2 N–H and O–H groups in total. The van der Waals surface area contributed by atoms with Gasteiger partial charge in [0.05, 0.1) is 50.7 Å². The number of aliphatic carboxylic acids is 1. The van der Waals surface area contributed by atoms with Crippen molar-refractivity contribution < 1.29 is 19.7 Å². The first-order valence-corrected chi connectivity index (χ1v) is 9.54. The van der Waals surface area contributed by atoms with E-state index < -0.39 is 11.4 Å². The Bertz CT molecular complexity index is 1010. The Labute approximate surface area is 174 Å². The van der Waals surface area contributed by atoms with Crippen LogP contribution in [0.3, 0.4) is 0 Å². The molecule has 0 spiro atoms. The van der Waals surface area contributed by atoms with E-state index in [1.54, 1.807) is 35.6 Å². The number of nitrogens with zero attached hydrogens (tertiary/aromatic N) is 6. The van der Waals surface area contributed by atoms with E-state index in [-0.39, 0.29) is 19.8 Å². The van der Waals surface area contributed by atoms with Crippen molar-refractivity contribution in [3.63, 3.8) is 0 Å². The third kappa shape index (κ3) is 5.71. The van der Waals surface area contributed by atoms with E-state index in [9.17, 15) is 4.79 Å². The van der Waals surface area contributed by atoms with Gasteiger partial charge in [-0.05, 0) is 31.9 Å². The van der Waals surface area contributed by atoms with Gasteiger partial charge >= 0.3 is 5.97 Å². The summed E-state index contributed by atoms with van der Waals surface area (Å²) in [5.41, 5.74) is 3.48. The van der Waals surface area contributed by atoms with Crippen molar-refractivity contribution >= 4 is 5.97 Å². The van der Waals surface area contributed by atoms with Gasteiger partial charge in [-0.1, -0.05) is 34.2 Å². The van der Waals surface area contributed by atoms with Crippen LogP contribution in [0, 0.1) is 12.3 Å². The summed E-state index contributed by atoms with van der Waals surface area (Å²) in [7, 11) is 0. The van der Waals surface area contributed by atoms with Gasteiger partial charge in [-0.3, -0.25) is 4.79 Å². The Balaban J connectivity index is 1.61. The summed E-state index contributed by atoms with van der Waals surface area (Å²) < 4.78 is 8.90. The molecular weight excluding hydrogens is 388 g/mol. The van der Waals surface area contributed by atoms with Crippen LogP contribution in [0.4, 0.5) is 0 Å². The smallest absolute Gasteiger partial charge is 0.311 e. The molecule has 0 aliphatic carbocycles. The van der Waals surface area contributed by atoms with E-state index in [2.05, 4.69) is 38.8 Å². The highest BCUT2D eigenvalue weighted by Crippen LogP contribution is 2.16. The maximum Gasteiger partial charge on any atom is 0.311 e. The van der Waals surface area contributed by atoms with Crippen molar-refractivity contribution in [2.24, 2.45) is 5.41 Å². The van der Waals surface area contributed by atoms with E-state index in [4.69, 9.17) is 14.9 Å². The van der Waals surface area contributed by atoms with Crippen LogP contribution in [0.1, 0.15) is 41.9 Å². The van der Waals surface area contributed by atoms with Gasteiger partial charge in [0.2, 0.25) is 0 Å². The van der Waals surface area contributed by atoms with Gasteiger partial charge in [0.1, 0.15) is 11.4 Å². The van der Waals surface area contributed by atoms with Crippen molar-refractivity contribution in [1.29, 1.82) is 0 Å². The quantitative estimate of drug-likeness (QED) is 0.509. The summed E-state index contributed by atoms with van der Waals surface area (Å²) in [6.07, 6.45) is 3.51. The number of aromatic nitrogens is 6. The minimum absolute atomic E-state index is 0.0940. The van der Waals surface area contributed by atoms with Crippen LogP contribution < -0.4 is 0 Å². The number of rotatable bonds is 10. The summed E-state index contributed by atoms with van der Waals surface area (Å²) in [4.78, 5) is 11.1. The molecule has 0 saturated carbocycles. The molecule has 2 heterocycles. The number of aliphatic hydroxyl groups is 1. The topological polar surface area (TPSA) is 128 Å². The second kappa shape index (κ2) is 9.14. The normalized spacial score (nSPS) is 11.7. The van der Waals surface area contributed by atoms with Crippen molar-refractivity contribution in [3.05, 3.63) is 58.7 Å². The van der Waals surface area contributed by atoms with Gasteiger partial charge in [-0.2, -0.15) is 0 Å². The number of ether oxygens (including phenoxy) is 1. The first kappa shape index (κ1) is 21.6. The van der Waals surface area contributed by atoms with E-state index in [0.29, 0.717) is 24.5 Å². The number of aryl methyl sites for hydroxylation is 1. The van der Waals surface area contributed by atoms with Crippen LogP contribution in [-0.4, -0.2) is 52.8 Å². The highest BCUT2D eigenvalue weighted by Gasteiger charge is 2.27. The summed E-state index contributed by atoms with van der Waals surface area (Å²) in [5, 5.41) is 34.4. The third-order valence-electron chi connectivity index (χ3n) is 4.51. The van der Waals surface area contributed by atoms with Gasteiger partial charge in [0.25, 0.3) is 0 Å². The summed E-state index contributed by atoms with van der Waals surface area (Å²) >= 11 is 0. The van der Waals surface area contributed by atoms with Crippen LogP contribution in [0.15, 0.2) is 30.6 Å².